The maximum Gasteiger partial charge on any atom is 0.223 e. The topological polar surface area (TPSA) is 85.1 Å². The number of carbonyl (C=O) groups excluding carboxylic acids is 2. The molecule has 2 aromatic rings. The number of amides is 1. The second kappa shape index (κ2) is 10.5. The molecular formula is C28H37N3O2. The van der Waals surface area contributed by atoms with Gasteiger partial charge in [-0.25, -0.2) is 4.98 Å². The molecule has 1 aromatic carbocycles. The molecule has 176 valence electrons. The largest absolute Gasteiger partial charge is 0.384 e. The molecule has 2 aliphatic rings. The minimum Gasteiger partial charge on any atom is -0.384 e. The van der Waals surface area contributed by atoms with Crippen LogP contribution in [0.2, 0.25) is 0 Å². The van der Waals surface area contributed by atoms with Gasteiger partial charge in [0.25, 0.3) is 0 Å². The number of nitrogens with zero attached hydrogens (tertiary/aromatic N) is 1. The van der Waals surface area contributed by atoms with Gasteiger partial charge in [-0.2, -0.15) is 0 Å². The molecule has 0 aliphatic heterocycles. The number of carbonyl (C=O) groups is 2. The first-order valence-electron chi connectivity index (χ1n) is 12.5. The monoisotopic (exact) mass is 447 g/mol. The van der Waals surface area contributed by atoms with Crippen molar-refractivity contribution >= 4 is 17.5 Å². The van der Waals surface area contributed by atoms with Gasteiger partial charge >= 0.3 is 0 Å². The van der Waals surface area contributed by atoms with Gasteiger partial charge in [-0.1, -0.05) is 36.8 Å². The van der Waals surface area contributed by atoms with Crippen LogP contribution in [0.4, 0.5) is 5.82 Å². The average molecular weight is 448 g/mol. The molecule has 33 heavy (non-hydrogen) atoms. The predicted octanol–water partition coefficient (Wildman–Crippen LogP) is 4.91. The predicted molar refractivity (Wildman–Crippen MR) is 132 cm³/mol. The summed E-state index contributed by atoms with van der Waals surface area (Å²) in [6, 6.07) is 12.4. The van der Waals surface area contributed by atoms with Crippen molar-refractivity contribution in [3.05, 3.63) is 58.8 Å². The zero-order chi connectivity index (χ0) is 23.4. The van der Waals surface area contributed by atoms with Crippen LogP contribution in [-0.4, -0.2) is 22.7 Å². The number of aryl methyl sites for hydroxylation is 2. The first-order valence-corrected chi connectivity index (χ1v) is 12.5. The minimum absolute atomic E-state index is 0.0167. The quantitative estimate of drug-likeness (QED) is 0.572. The molecule has 3 atom stereocenters. The Morgan fingerprint density at radius 3 is 2.52 bits per heavy atom. The van der Waals surface area contributed by atoms with Crippen LogP contribution in [0.25, 0.3) is 0 Å². The SMILES string of the molecule is Cc1nc(N)ccc1CCC(=O)[C@H](C)NC(=O)[C@@H]1CC[C@@H](Cc2ccc(C3CCC3)cc2)C1. The van der Waals surface area contributed by atoms with Gasteiger partial charge in [0, 0.05) is 18.0 Å². The summed E-state index contributed by atoms with van der Waals surface area (Å²) in [5.41, 5.74) is 10.4. The molecule has 2 fully saturated rings. The Morgan fingerprint density at radius 2 is 1.85 bits per heavy atom. The maximum absolute atomic E-state index is 12.8. The molecular weight excluding hydrogens is 410 g/mol. The van der Waals surface area contributed by atoms with E-state index in [1.165, 1.54) is 30.4 Å². The van der Waals surface area contributed by atoms with E-state index in [0.717, 1.165) is 42.9 Å². The standard InChI is InChI=1S/C28H37N3O2/c1-18-22(13-15-27(29)30-18)12-14-26(32)19(2)31-28(33)25-11-8-21(17-25)16-20-6-9-24(10-7-20)23-4-3-5-23/h6-7,9-10,13,15,19,21,23,25H,3-5,8,11-12,14,16-17H2,1-2H3,(H2,29,30)(H,31,33)/t19-,21-,25+/m0/s1. The number of nitrogens with one attached hydrogen (secondary N) is 1. The molecule has 3 N–H and O–H groups in total. The smallest absolute Gasteiger partial charge is 0.223 e. The number of anilines is 1. The van der Waals surface area contributed by atoms with Crippen molar-refractivity contribution < 1.29 is 9.59 Å². The normalized spacial score (nSPS) is 21.4. The number of hydrogen-bond donors (Lipinski definition) is 2. The summed E-state index contributed by atoms with van der Waals surface area (Å²) in [5.74, 6) is 1.91. The van der Waals surface area contributed by atoms with Crippen molar-refractivity contribution in [2.24, 2.45) is 11.8 Å². The molecule has 1 heterocycles. The number of hydrogen-bond acceptors (Lipinski definition) is 4. The number of Topliss-reactive ketones (excluding diaryl/α,β-unsaturated/α-hetero) is 1. The van der Waals surface area contributed by atoms with Gasteiger partial charge in [0.05, 0.1) is 6.04 Å². The van der Waals surface area contributed by atoms with Crippen LogP contribution >= 0.6 is 0 Å². The summed E-state index contributed by atoms with van der Waals surface area (Å²) in [5, 5.41) is 2.97. The molecule has 5 nitrogen and oxygen atoms in total. The van der Waals surface area contributed by atoms with Crippen molar-refractivity contribution in [3.63, 3.8) is 0 Å². The van der Waals surface area contributed by atoms with Crippen LogP contribution in [0.5, 0.6) is 0 Å². The number of benzene rings is 1. The summed E-state index contributed by atoms with van der Waals surface area (Å²) in [6.07, 6.45) is 8.96. The third-order valence-corrected chi connectivity index (χ3v) is 7.69. The summed E-state index contributed by atoms with van der Waals surface area (Å²) in [4.78, 5) is 29.6. The number of nitrogen functional groups attached to an aromatic ring is 1. The zero-order valence-electron chi connectivity index (χ0n) is 20.0. The van der Waals surface area contributed by atoms with Crippen molar-refractivity contribution in [3.8, 4) is 0 Å². The fourth-order valence-corrected chi connectivity index (χ4v) is 5.26. The Hall–Kier alpha value is -2.69. The molecule has 0 radical (unpaired) electrons. The van der Waals surface area contributed by atoms with E-state index < -0.39 is 6.04 Å². The zero-order valence-corrected chi connectivity index (χ0v) is 20.0. The van der Waals surface area contributed by atoms with E-state index in [1.807, 2.05) is 13.0 Å². The van der Waals surface area contributed by atoms with E-state index in [-0.39, 0.29) is 17.6 Å². The lowest BCUT2D eigenvalue weighted by Crippen LogP contribution is -2.41. The molecule has 0 saturated heterocycles. The third-order valence-electron chi connectivity index (χ3n) is 7.69. The van der Waals surface area contributed by atoms with Gasteiger partial charge in [0.2, 0.25) is 5.91 Å². The summed E-state index contributed by atoms with van der Waals surface area (Å²) in [6.45, 7) is 3.70. The van der Waals surface area contributed by atoms with Crippen molar-refractivity contribution in [1.29, 1.82) is 0 Å². The maximum atomic E-state index is 12.8. The van der Waals surface area contributed by atoms with Gasteiger partial charge in [-0.3, -0.25) is 9.59 Å². The Labute approximate surface area is 197 Å². The highest BCUT2D eigenvalue weighted by Gasteiger charge is 2.31. The molecule has 2 saturated carbocycles. The molecule has 1 amide bonds. The van der Waals surface area contributed by atoms with Gasteiger partial charge in [0.15, 0.2) is 5.78 Å². The second-order valence-electron chi connectivity index (χ2n) is 10.1. The highest BCUT2D eigenvalue weighted by molar-refractivity contribution is 5.89. The number of ketones is 1. The highest BCUT2D eigenvalue weighted by atomic mass is 16.2. The van der Waals surface area contributed by atoms with Crippen LogP contribution in [-0.2, 0) is 22.4 Å². The summed E-state index contributed by atoms with van der Waals surface area (Å²) >= 11 is 0. The van der Waals surface area contributed by atoms with E-state index >= 15 is 0 Å². The van der Waals surface area contributed by atoms with Crippen LogP contribution in [0.1, 0.15) is 80.2 Å². The molecule has 0 unspecified atom stereocenters. The number of aromatic nitrogens is 1. The molecule has 4 rings (SSSR count). The van der Waals surface area contributed by atoms with Gasteiger partial charge in [0.1, 0.15) is 5.82 Å². The van der Waals surface area contributed by atoms with Crippen molar-refractivity contribution in [1.82, 2.24) is 10.3 Å². The number of nitrogens with two attached hydrogens (primary N) is 1. The van der Waals surface area contributed by atoms with Crippen LogP contribution in [0, 0.1) is 18.8 Å². The second-order valence-corrected chi connectivity index (χ2v) is 10.1. The number of rotatable bonds is 9. The van der Waals surface area contributed by atoms with Crippen LogP contribution < -0.4 is 11.1 Å². The Balaban J connectivity index is 1.21. The minimum atomic E-state index is -0.461. The molecule has 5 heteroatoms. The van der Waals surface area contributed by atoms with E-state index in [4.69, 9.17) is 5.73 Å². The van der Waals surface area contributed by atoms with Crippen LogP contribution in [0.3, 0.4) is 0 Å². The average Bonchev–Trinajstić information content (AvgIpc) is 3.21. The third kappa shape index (κ3) is 6.01. The van der Waals surface area contributed by atoms with Crippen molar-refractivity contribution in [2.75, 3.05) is 5.73 Å². The van der Waals surface area contributed by atoms with E-state index in [2.05, 4.69) is 34.6 Å². The lowest BCUT2D eigenvalue weighted by atomic mass is 9.80. The van der Waals surface area contributed by atoms with Gasteiger partial charge < -0.3 is 11.1 Å². The van der Waals surface area contributed by atoms with E-state index in [1.54, 1.807) is 13.0 Å². The Kier molecular flexibility index (Phi) is 7.46. The fourth-order valence-electron chi connectivity index (χ4n) is 5.26. The van der Waals surface area contributed by atoms with E-state index in [0.29, 0.717) is 24.6 Å². The molecule has 2 aliphatic carbocycles. The van der Waals surface area contributed by atoms with Crippen molar-refractivity contribution in [2.45, 2.75) is 83.6 Å². The summed E-state index contributed by atoms with van der Waals surface area (Å²) < 4.78 is 0. The first kappa shape index (κ1) is 23.5. The fraction of sp³-hybridized carbons (Fsp3) is 0.536. The van der Waals surface area contributed by atoms with Crippen LogP contribution in [0.15, 0.2) is 36.4 Å². The molecule has 0 bridgehead atoms. The Morgan fingerprint density at radius 1 is 1.09 bits per heavy atom. The van der Waals surface area contributed by atoms with Gasteiger partial charge in [-0.15, -0.1) is 0 Å². The number of pyridine rings is 1. The lowest BCUT2D eigenvalue weighted by molar-refractivity contribution is -0.129. The summed E-state index contributed by atoms with van der Waals surface area (Å²) in [7, 11) is 0. The Bertz CT molecular complexity index is 981. The molecule has 0 spiro atoms. The van der Waals surface area contributed by atoms with Gasteiger partial charge in [-0.05, 0) is 93.4 Å². The molecule has 1 aromatic heterocycles. The highest BCUT2D eigenvalue weighted by Crippen LogP contribution is 2.37. The lowest BCUT2D eigenvalue weighted by Gasteiger charge is -2.26. The first-order chi connectivity index (χ1) is 15.9. The van der Waals surface area contributed by atoms with E-state index in [9.17, 15) is 9.59 Å².